The van der Waals surface area contributed by atoms with Gasteiger partial charge in [-0.2, -0.15) is 0 Å². The largest absolute Gasteiger partial charge is 0.481 e. The zero-order valence-corrected chi connectivity index (χ0v) is 15.7. The molecule has 5 nitrogen and oxygen atoms in total. The van der Waals surface area contributed by atoms with Crippen LogP contribution in [0.5, 0.6) is 0 Å². The van der Waals surface area contributed by atoms with Gasteiger partial charge in [0, 0.05) is 19.7 Å². The van der Waals surface area contributed by atoms with Gasteiger partial charge in [-0.05, 0) is 36.7 Å². The van der Waals surface area contributed by atoms with Crippen LogP contribution >= 0.6 is 0 Å². The van der Waals surface area contributed by atoms with Crippen molar-refractivity contribution < 1.29 is 18.3 Å². The van der Waals surface area contributed by atoms with E-state index in [2.05, 4.69) is 19.6 Å². The average Bonchev–Trinajstić information content (AvgIpc) is 2.87. The van der Waals surface area contributed by atoms with Gasteiger partial charge in [0.25, 0.3) is 0 Å². The molecule has 2 aromatic rings. The van der Waals surface area contributed by atoms with Gasteiger partial charge in [-0.15, -0.1) is 0 Å². The van der Waals surface area contributed by atoms with E-state index in [9.17, 15) is 13.2 Å². The summed E-state index contributed by atoms with van der Waals surface area (Å²) in [5.74, 6) is -1.38. The lowest BCUT2D eigenvalue weighted by atomic mass is 10.0. The minimum Gasteiger partial charge on any atom is -0.481 e. The predicted molar refractivity (Wildman–Crippen MR) is 95.3 cm³/mol. The fraction of sp³-hybridized carbons (Fsp3) is 0.438. The van der Waals surface area contributed by atoms with E-state index >= 15 is 0 Å². The van der Waals surface area contributed by atoms with Crippen molar-refractivity contribution in [2.24, 2.45) is 0 Å². The first-order chi connectivity index (χ1) is 10.5. The highest BCUT2D eigenvalue weighted by molar-refractivity contribution is 7.90. The molecule has 7 heteroatoms. The van der Waals surface area contributed by atoms with Crippen LogP contribution in [-0.2, 0) is 14.8 Å². The number of carbonyl (C=O) groups is 1. The summed E-state index contributed by atoms with van der Waals surface area (Å²) in [7, 11) is -4.83. The van der Waals surface area contributed by atoms with Crippen molar-refractivity contribution >= 4 is 35.0 Å². The topological polar surface area (TPSA) is 76.4 Å². The molecule has 1 heterocycles. The van der Waals surface area contributed by atoms with Gasteiger partial charge in [0.05, 0.1) is 17.2 Å². The fourth-order valence-corrected chi connectivity index (χ4v) is 6.71. The number of fused-ring (bicyclic) bond motifs is 1. The molecule has 23 heavy (non-hydrogen) atoms. The summed E-state index contributed by atoms with van der Waals surface area (Å²) < 4.78 is 26.5. The van der Waals surface area contributed by atoms with E-state index in [4.69, 9.17) is 5.11 Å². The molecule has 1 aromatic heterocycles. The molecule has 0 saturated carbocycles. The summed E-state index contributed by atoms with van der Waals surface area (Å²) in [5, 5.41) is 9.83. The summed E-state index contributed by atoms with van der Waals surface area (Å²) in [6.45, 7) is 8.06. The third kappa shape index (κ3) is 4.03. The SMILES string of the molecule is CC(C(=O)O)c1ccc2c(ccn2S(=O)(=O)CC[Si](C)(C)C)c1. The Bertz CT molecular complexity index is 833. The lowest BCUT2D eigenvalue weighted by Gasteiger charge is -2.16. The third-order valence-electron chi connectivity index (χ3n) is 3.96. The van der Waals surface area contributed by atoms with Crippen LogP contribution in [0.1, 0.15) is 18.4 Å². The van der Waals surface area contributed by atoms with Crippen LogP contribution in [0.15, 0.2) is 30.5 Å². The van der Waals surface area contributed by atoms with Crippen molar-refractivity contribution in [3.05, 3.63) is 36.0 Å². The van der Waals surface area contributed by atoms with Gasteiger partial charge in [0.15, 0.2) is 0 Å². The Morgan fingerprint density at radius 3 is 2.48 bits per heavy atom. The summed E-state index contributed by atoms with van der Waals surface area (Å²) in [6.07, 6.45) is 1.55. The van der Waals surface area contributed by atoms with Gasteiger partial charge in [-0.3, -0.25) is 4.79 Å². The van der Waals surface area contributed by atoms with E-state index < -0.39 is 30.0 Å². The number of hydrogen-bond donors (Lipinski definition) is 1. The van der Waals surface area contributed by atoms with Crippen LogP contribution in [0.4, 0.5) is 0 Å². The summed E-state index contributed by atoms with van der Waals surface area (Å²) in [4.78, 5) is 11.1. The van der Waals surface area contributed by atoms with Crippen LogP contribution in [0.2, 0.25) is 25.7 Å². The van der Waals surface area contributed by atoms with Crippen LogP contribution < -0.4 is 0 Å². The molecule has 1 aromatic carbocycles. The first-order valence-electron chi connectivity index (χ1n) is 7.58. The third-order valence-corrected chi connectivity index (χ3v) is 7.71. The number of aromatic nitrogens is 1. The number of carboxylic acid groups (broad SMARTS) is 1. The molecule has 2 rings (SSSR count). The van der Waals surface area contributed by atoms with Crippen LogP contribution in [-0.4, -0.2) is 37.3 Å². The summed E-state index contributed by atoms with van der Waals surface area (Å²) in [6, 6.07) is 7.56. The maximum atomic E-state index is 12.6. The van der Waals surface area contributed by atoms with Gasteiger partial charge >= 0.3 is 5.97 Å². The van der Waals surface area contributed by atoms with Gasteiger partial charge in [-0.25, -0.2) is 12.4 Å². The molecule has 0 aliphatic heterocycles. The minimum absolute atomic E-state index is 0.139. The molecule has 1 atom stereocenters. The summed E-state index contributed by atoms with van der Waals surface area (Å²) >= 11 is 0. The van der Waals surface area contributed by atoms with Crippen molar-refractivity contribution in [2.75, 3.05) is 5.75 Å². The number of carboxylic acids is 1. The lowest BCUT2D eigenvalue weighted by Crippen LogP contribution is -2.26. The monoisotopic (exact) mass is 353 g/mol. The molecule has 0 aliphatic carbocycles. The van der Waals surface area contributed by atoms with E-state index in [0.29, 0.717) is 17.1 Å². The Morgan fingerprint density at radius 1 is 1.26 bits per heavy atom. The van der Waals surface area contributed by atoms with E-state index in [1.165, 1.54) is 3.97 Å². The molecule has 1 N–H and O–H groups in total. The molecular weight excluding hydrogens is 330 g/mol. The molecule has 0 saturated heterocycles. The van der Waals surface area contributed by atoms with E-state index in [0.717, 1.165) is 5.39 Å². The van der Waals surface area contributed by atoms with Gasteiger partial charge in [0.1, 0.15) is 0 Å². The van der Waals surface area contributed by atoms with Crippen molar-refractivity contribution in [1.29, 1.82) is 0 Å². The summed E-state index contributed by atoms with van der Waals surface area (Å²) in [5.41, 5.74) is 1.27. The van der Waals surface area contributed by atoms with Gasteiger partial charge in [-0.1, -0.05) is 25.7 Å². The van der Waals surface area contributed by atoms with Crippen molar-refractivity contribution in [3.63, 3.8) is 0 Å². The standard InChI is InChI=1S/C16H23NO4SSi/c1-12(16(18)19)13-5-6-15-14(11-13)7-8-17(15)22(20,21)9-10-23(2,3)4/h5-8,11-12H,9-10H2,1-4H3,(H,18,19). The van der Waals surface area contributed by atoms with Crippen molar-refractivity contribution in [3.8, 4) is 0 Å². The van der Waals surface area contributed by atoms with Gasteiger partial charge < -0.3 is 5.11 Å². The number of rotatable bonds is 6. The van der Waals surface area contributed by atoms with E-state index in [1.54, 1.807) is 37.4 Å². The number of benzene rings is 1. The molecule has 0 fully saturated rings. The Kier molecular flexibility index (Phi) is 4.73. The Hall–Kier alpha value is -1.60. The van der Waals surface area contributed by atoms with Crippen molar-refractivity contribution in [1.82, 2.24) is 3.97 Å². The maximum absolute atomic E-state index is 12.6. The molecule has 0 spiro atoms. The molecular formula is C16H23NO4SSi. The zero-order chi connectivity index (χ0) is 17.4. The smallest absolute Gasteiger partial charge is 0.310 e. The van der Waals surface area contributed by atoms with Crippen LogP contribution in [0.25, 0.3) is 10.9 Å². The Balaban J connectivity index is 2.38. The zero-order valence-electron chi connectivity index (χ0n) is 13.9. The predicted octanol–water partition coefficient (Wildman–Crippen LogP) is 3.35. The lowest BCUT2D eigenvalue weighted by molar-refractivity contribution is -0.138. The fourth-order valence-electron chi connectivity index (χ4n) is 2.32. The Morgan fingerprint density at radius 2 is 1.91 bits per heavy atom. The maximum Gasteiger partial charge on any atom is 0.310 e. The number of hydrogen-bond acceptors (Lipinski definition) is 3. The molecule has 1 unspecified atom stereocenters. The van der Waals surface area contributed by atoms with Crippen molar-refractivity contribution in [2.45, 2.75) is 38.5 Å². The van der Waals surface area contributed by atoms with E-state index in [1.807, 2.05) is 0 Å². The molecule has 0 radical (unpaired) electrons. The van der Waals surface area contributed by atoms with Crippen LogP contribution in [0, 0.1) is 0 Å². The molecule has 0 bridgehead atoms. The average molecular weight is 354 g/mol. The Labute approximate surface area is 138 Å². The highest BCUT2D eigenvalue weighted by atomic mass is 32.2. The second-order valence-corrected chi connectivity index (χ2v) is 14.7. The minimum atomic E-state index is -3.39. The highest BCUT2D eigenvalue weighted by Gasteiger charge is 2.22. The number of nitrogens with zero attached hydrogens (tertiary/aromatic N) is 1. The second-order valence-electron chi connectivity index (χ2n) is 7.12. The second kappa shape index (κ2) is 6.12. The number of aliphatic carboxylic acids is 1. The quantitative estimate of drug-likeness (QED) is 0.808. The highest BCUT2D eigenvalue weighted by Crippen LogP contribution is 2.24. The normalized spacial score (nSPS) is 14.1. The molecule has 126 valence electrons. The molecule has 0 aliphatic rings. The van der Waals surface area contributed by atoms with E-state index in [-0.39, 0.29) is 5.75 Å². The molecule has 0 amide bonds. The van der Waals surface area contributed by atoms with Crippen LogP contribution in [0.3, 0.4) is 0 Å². The first kappa shape index (κ1) is 17.7. The van der Waals surface area contributed by atoms with Gasteiger partial charge in [0.2, 0.25) is 10.0 Å². The first-order valence-corrected chi connectivity index (χ1v) is 12.9.